The number of alkyl halides is 3. The van der Waals surface area contributed by atoms with Crippen LogP contribution < -0.4 is 10.6 Å². The third-order valence-corrected chi connectivity index (χ3v) is 5.63. The van der Waals surface area contributed by atoms with Crippen molar-refractivity contribution in [1.29, 1.82) is 0 Å². The van der Waals surface area contributed by atoms with Crippen LogP contribution in [0.4, 0.5) is 18.9 Å². The van der Waals surface area contributed by atoms with E-state index >= 15 is 0 Å². The van der Waals surface area contributed by atoms with Crippen LogP contribution in [0.15, 0.2) is 55.1 Å². The van der Waals surface area contributed by atoms with E-state index in [9.17, 15) is 18.0 Å². The second-order valence-corrected chi connectivity index (χ2v) is 8.10. The standard InChI is InChI=1S/C23H19F3N10O/c1-12(14-2-4-15(5-3-14)21-33-35-36-34-21)32-16-10-28-19-18(16)30-11-31-20(19)22(37)29-9-13-6-7-27-17(8-13)23(24,25)26/h2-8,10-12,28,32H,9H2,1H3,(H,29,37)(H,33,34,35,36). The highest BCUT2D eigenvalue weighted by Gasteiger charge is 2.32. The van der Waals surface area contributed by atoms with Gasteiger partial charge in [0.2, 0.25) is 5.82 Å². The molecule has 0 aliphatic rings. The highest BCUT2D eigenvalue weighted by molar-refractivity contribution is 6.05. The number of hydrogen-bond acceptors (Lipinski definition) is 8. The molecule has 1 atom stereocenters. The minimum atomic E-state index is -4.57. The molecule has 0 fully saturated rings. The molecular formula is C23H19F3N10O. The van der Waals surface area contributed by atoms with Crippen LogP contribution in [0.3, 0.4) is 0 Å². The highest BCUT2D eigenvalue weighted by atomic mass is 19.4. The number of H-pyrrole nitrogens is 2. The van der Waals surface area contributed by atoms with Crippen LogP contribution in [0.2, 0.25) is 0 Å². The first-order chi connectivity index (χ1) is 17.8. The van der Waals surface area contributed by atoms with E-state index in [2.05, 4.69) is 51.2 Å². The van der Waals surface area contributed by atoms with Crippen LogP contribution in [0.25, 0.3) is 22.4 Å². The van der Waals surface area contributed by atoms with Crippen molar-refractivity contribution in [3.63, 3.8) is 0 Å². The molecule has 4 aromatic heterocycles. The smallest absolute Gasteiger partial charge is 0.376 e. The maximum Gasteiger partial charge on any atom is 0.433 e. The van der Waals surface area contributed by atoms with Gasteiger partial charge < -0.3 is 15.6 Å². The van der Waals surface area contributed by atoms with Gasteiger partial charge in [-0.3, -0.25) is 9.78 Å². The van der Waals surface area contributed by atoms with Crippen LogP contribution in [0.5, 0.6) is 0 Å². The predicted molar refractivity (Wildman–Crippen MR) is 126 cm³/mol. The zero-order valence-corrected chi connectivity index (χ0v) is 19.2. The fourth-order valence-corrected chi connectivity index (χ4v) is 3.75. The summed E-state index contributed by atoms with van der Waals surface area (Å²) < 4.78 is 38.7. The van der Waals surface area contributed by atoms with Crippen molar-refractivity contribution in [2.24, 2.45) is 0 Å². The molecule has 4 N–H and O–H groups in total. The van der Waals surface area contributed by atoms with E-state index < -0.39 is 17.8 Å². The van der Waals surface area contributed by atoms with E-state index in [1.807, 2.05) is 31.2 Å². The lowest BCUT2D eigenvalue weighted by Crippen LogP contribution is -2.24. The van der Waals surface area contributed by atoms with E-state index in [4.69, 9.17) is 0 Å². The molecule has 4 heterocycles. The lowest BCUT2D eigenvalue weighted by Gasteiger charge is -2.15. The van der Waals surface area contributed by atoms with Gasteiger partial charge in [0.05, 0.1) is 11.2 Å². The number of benzene rings is 1. The second kappa shape index (κ2) is 9.64. The number of tetrazole rings is 1. The third kappa shape index (κ3) is 5.07. The summed E-state index contributed by atoms with van der Waals surface area (Å²) in [4.78, 5) is 27.5. The van der Waals surface area contributed by atoms with E-state index in [1.165, 1.54) is 12.4 Å². The summed E-state index contributed by atoms with van der Waals surface area (Å²) in [6.07, 6.45) is -0.580. The minimum absolute atomic E-state index is 0.0697. The van der Waals surface area contributed by atoms with Crippen molar-refractivity contribution in [1.82, 2.24) is 45.9 Å². The average Bonchev–Trinajstić information content (AvgIpc) is 3.58. The number of fused-ring (bicyclic) bond motifs is 1. The van der Waals surface area contributed by atoms with Gasteiger partial charge >= 0.3 is 6.18 Å². The van der Waals surface area contributed by atoms with Crippen LogP contribution in [0.1, 0.15) is 40.3 Å². The average molecular weight is 508 g/mol. The molecule has 0 spiro atoms. The van der Waals surface area contributed by atoms with Crippen molar-refractivity contribution < 1.29 is 18.0 Å². The molecule has 188 valence electrons. The summed E-state index contributed by atoms with van der Waals surface area (Å²) in [5, 5.41) is 19.9. The molecule has 1 aromatic carbocycles. The molecule has 5 aromatic rings. The molecule has 37 heavy (non-hydrogen) atoms. The van der Waals surface area contributed by atoms with Crippen LogP contribution >= 0.6 is 0 Å². The van der Waals surface area contributed by atoms with Crippen LogP contribution in [0, 0.1) is 0 Å². The zero-order valence-electron chi connectivity index (χ0n) is 19.2. The normalized spacial score (nSPS) is 12.4. The van der Waals surface area contributed by atoms with Crippen LogP contribution in [-0.2, 0) is 12.7 Å². The molecule has 1 amide bonds. The van der Waals surface area contributed by atoms with E-state index in [0.29, 0.717) is 22.5 Å². The van der Waals surface area contributed by atoms with Crippen molar-refractivity contribution in [2.45, 2.75) is 25.7 Å². The Morgan fingerprint density at radius 2 is 1.92 bits per heavy atom. The molecular weight excluding hydrogens is 489 g/mol. The molecule has 0 saturated carbocycles. The SMILES string of the molecule is CC(Nc1c[nH]c2c(C(=O)NCc3ccnc(C(F)(F)F)c3)ncnc12)c1ccc(-c2nn[nH]n2)cc1. The first kappa shape index (κ1) is 23.8. The number of pyridine rings is 1. The number of aromatic nitrogens is 8. The number of rotatable bonds is 7. The van der Waals surface area contributed by atoms with Gasteiger partial charge in [0.25, 0.3) is 5.91 Å². The molecule has 0 radical (unpaired) electrons. The Morgan fingerprint density at radius 1 is 1.11 bits per heavy atom. The van der Waals surface area contributed by atoms with Gasteiger partial charge in [-0.15, -0.1) is 10.2 Å². The van der Waals surface area contributed by atoms with Gasteiger partial charge in [0, 0.05) is 30.5 Å². The fraction of sp³-hybridized carbons (Fsp3) is 0.174. The molecule has 11 nitrogen and oxygen atoms in total. The van der Waals surface area contributed by atoms with Crippen molar-refractivity contribution >= 4 is 22.6 Å². The first-order valence-corrected chi connectivity index (χ1v) is 11.0. The van der Waals surface area contributed by atoms with E-state index in [0.717, 1.165) is 23.4 Å². The highest BCUT2D eigenvalue weighted by Crippen LogP contribution is 2.29. The lowest BCUT2D eigenvalue weighted by atomic mass is 10.1. The minimum Gasteiger partial charge on any atom is -0.376 e. The number of hydrogen-bond donors (Lipinski definition) is 4. The first-order valence-electron chi connectivity index (χ1n) is 11.0. The van der Waals surface area contributed by atoms with Gasteiger partial charge in [0.15, 0.2) is 5.69 Å². The van der Waals surface area contributed by atoms with Gasteiger partial charge in [0.1, 0.15) is 17.5 Å². The Bertz CT molecular complexity index is 1530. The summed E-state index contributed by atoms with van der Waals surface area (Å²) in [5.74, 6) is -0.0627. The van der Waals surface area contributed by atoms with Gasteiger partial charge in [-0.2, -0.15) is 18.4 Å². The molecule has 1 unspecified atom stereocenters. The Balaban J connectivity index is 1.29. The quantitative estimate of drug-likeness (QED) is 0.260. The summed E-state index contributed by atoms with van der Waals surface area (Å²) >= 11 is 0. The molecule has 0 bridgehead atoms. The topological polar surface area (TPSA) is 150 Å². The summed E-state index contributed by atoms with van der Waals surface area (Å²) in [5.41, 5.74) is 2.67. The largest absolute Gasteiger partial charge is 0.433 e. The number of carbonyl (C=O) groups is 1. The monoisotopic (exact) mass is 508 g/mol. The Hall–Kier alpha value is -4.88. The number of halogens is 3. The number of aromatic amines is 2. The van der Waals surface area contributed by atoms with Gasteiger partial charge in [-0.25, -0.2) is 9.97 Å². The third-order valence-electron chi connectivity index (χ3n) is 5.63. The lowest BCUT2D eigenvalue weighted by molar-refractivity contribution is -0.141. The molecule has 0 saturated heterocycles. The number of amides is 1. The van der Waals surface area contributed by atoms with Gasteiger partial charge in [-0.1, -0.05) is 24.3 Å². The fourth-order valence-electron chi connectivity index (χ4n) is 3.75. The van der Waals surface area contributed by atoms with Crippen molar-refractivity contribution in [3.8, 4) is 11.4 Å². The molecule has 14 heteroatoms. The van der Waals surface area contributed by atoms with Crippen molar-refractivity contribution in [2.75, 3.05) is 5.32 Å². The summed E-state index contributed by atoms with van der Waals surface area (Å²) in [7, 11) is 0. The van der Waals surface area contributed by atoms with Crippen LogP contribution in [-0.4, -0.2) is 46.5 Å². The number of nitrogens with one attached hydrogen (secondary N) is 4. The number of nitrogens with zero attached hydrogens (tertiary/aromatic N) is 6. The van der Waals surface area contributed by atoms with E-state index in [1.54, 1.807) is 6.20 Å². The maximum atomic E-state index is 12.9. The molecule has 0 aliphatic carbocycles. The molecule has 0 aliphatic heterocycles. The van der Waals surface area contributed by atoms with Crippen molar-refractivity contribution in [3.05, 3.63) is 77.6 Å². The Kier molecular flexibility index (Phi) is 6.21. The summed E-state index contributed by atoms with van der Waals surface area (Å²) in [6.45, 7) is 1.85. The maximum absolute atomic E-state index is 12.9. The Morgan fingerprint density at radius 3 is 2.65 bits per heavy atom. The Labute approximate surface area is 207 Å². The number of carbonyl (C=O) groups excluding carboxylic acids is 1. The van der Waals surface area contributed by atoms with E-state index in [-0.39, 0.29) is 23.8 Å². The predicted octanol–water partition coefficient (Wildman–Crippen LogP) is 3.65. The second-order valence-electron chi connectivity index (χ2n) is 8.10. The van der Waals surface area contributed by atoms with Gasteiger partial charge in [-0.05, 0) is 35.4 Å². The zero-order chi connectivity index (χ0) is 26.0. The number of anilines is 1. The molecule has 5 rings (SSSR count). The summed E-state index contributed by atoms with van der Waals surface area (Å²) in [6, 6.07) is 9.84.